The first-order chi connectivity index (χ1) is 16.9. The van der Waals surface area contributed by atoms with Crippen LogP contribution >= 0.6 is 11.6 Å². The van der Waals surface area contributed by atoms with E-state index in [4.69, 9.17) is 16.3 Å². The number of ether oxygens (including phenoxy) is 1. The van der Waals surface area contributed by atoms with E-state index in [1.807, 2.05) is 41.9 Å². The average Bonchev–Trinajstić information content (AvgIpc) is 3.20. The second kappa shape index (κ2) is 11.7. The molecule has 0 atom stereocenters. The Morgan fingerprint density at radius 3 is 2.51 bits per heavy atom. The van der Waals surface area contributed by atoms with Crippen molar-refractivity contribution in [1.29, 1.82) is 0 Å². The van der Waals surface area contributed by atoms with Crippen molar-refractivity contribution in [2.24, 2.45) is 5.92 Å². The summed E-state index contributed by atoms with van der Waals surface area (Å²) in [6.45, 7) is 10.6. The number of piperidine rings is 1. The largest absolute Gasteiger partial charge is 0.493 e. The molecule has 0 saturated carbocycles. The lowest BCUT2D eigenvalue weighted by Crippen LogP contribution is -2.29. The SMILES string of the molecule is Cc1cc(C(=O)Nc2ccc(CN3CCCCC3)cc2)nn1Cc1cc(Cl)ccc1OCC(C)C. The van der Waals surface area contributed by atoms with Crippen LogP contribution in [0.4, 0.5) is 5.69 Å². The normalized spacial score (nSPS) is 14.3. The first kappa shape index (κ1) is 25.3. The number of aromatic nitrogens is 2. The van der Waals surface area contributed by atoms with Crippen LogP contribution < -0.4 is 10.1 Å². The van der Waals surface area contributed by atoms with E-state index in [2.05, 4.69) is 41.3 Å². The Morgan fingerprint density at radius 2 is 1.80 bits per heavy atom. The van der Waals surface area contributed by atoms with Gasteiger partial charge in [-0.1, -0.05) is 44.0 Å². The molecule has 1 amide bonds. The Hall–Kier alpha value is -2.83. The minimum absolute atomic E-state index is 0.224. The summed E-state index contributed by atoms with van der Waals surface area (Å²) in [4.78, 5) is 15.4. The molecule has 1 aliphatic rings. The van der Waals surface area contributed by atoms with E-state index in [0.29, 0.717) is 29.8 Å². The molecule has 186 valence electrons. The zero-order valence-corrected chi connectivity index (χ0v) is 21.6. The van der Waals surface area contributed by atoms with Crippen molar-refractivity contribution in [3.8, 4) is 5.75 Å². The van der Waals surface area contributed by atoms with Gasteiger partial charge in [0, 0.05) is 28.5 Å². The van der Waals surface area contributed by atoms with Crippen LogP contribution in [0.15, 0.2) is 48.5 Å². The van der Waals surface area contributed by atoms with E-state index in [9.17, 15) is 4.79 Å². The van der Waals surface area contributed by atoms with Crippen molar-refractivity contribution < 1.29 is 9.53 Å². The number of hydrogen-bond donors (Lipinski definition) is 1. The molecule has 0 aliphatic carbocycles. The molecule has 2 heterocycles. The van der Waals surface area contributed by atoms with Gasteiger partial charge in [-0.3, -0.25) is 14.4 Å². The fourth-order valence-electron chi connectivity index (χ4n) is 4.28. The maximum atomic E-state index is 12.9. The summed E-state index contributed by atoms with van der Waals surface area (Å²) in [5.41, 5.74) is 4.24. The van der Waals surface area contributed by atoms with Gasteiger partial charge in [0.25, 0.3) is 5.91 Å². The molecular formula is C28H35ClN4O2. The fourth-order valence-corrected chi connectivity index (χ4v) is 4.47. The summed E-state index contributed by atoms with van der Waals surface area (Å²) in [5, 5.41) is 8.18. The minimum atomic E-state index is -0.224. The van der Waals surface area contributed by atoms with Gasteiger partial charge in [-0.2, -0.15) is 5.10 Å². The molecule has 0 spiro atoms. The number of aryl methyl sites for hydroxylation is 1. The smallest absolute Gasteiger partial charge is 0.276 e. The molecule has 2 aromatic carbocycles. The third kappa shape index (κ3) is 7.09. The summed E-state index contributed by atoms with van der Waals surface area (Å²) in [6, 6.07) is 15.5. The molecular weight excluding hydrogens is 460 g/mol. The summed E-state index contributed by atoms with van der Waals surface area (Å²) >= 11 is 6.25. The van der Waals surface area contributed by atoms with Crippen molar-refractivity contribution in [1.82, 2.24) is 14.7 Å². The number of anilines is 1. The molecule has 1 aliphatic heterocycles. The molecule has 4 rings (SSSR count). The van der Waals surface area contributed by atoms with Crippen molar-refractivity contribution in [3.63, 3.8) is 0 Å². The first-order valence-electron chi connectivity index (χ1n) is 12.5. The Bertz CT molecular complexity index is 1130. The van der Waals surface area contributed by atoms with Crippen LogP contribution in [0.1, 0.15) is 60.4 Å². The van der Waals surface area contributed by atoms with Gasteiger partial charge in [0.2, 0.25) is 0 Å². The molecule has 7 heteroatoms. The number of likely N-dealkylation sites (tertiary alicyclic amines) is 1. The van der Waals surface area contributed by atoms with E-state index in [1.54, 1.807) is 6.07 Å². The minimum Gasteiger partial charge on any atom is -0.493 e. The molecule has 1 saturated heterocycles. The highest BCUT2D eigenvalue weighted by atomic mass is 35.5. The molecule has 1 aromatic heterocycles. The lowest BCUT2D eigenvalue weighted by atomic mass is 10.1. The summed E-state index contributed by atoms with van der Waals surface area (Å²) in [6.07, 6.45) is 3.90. The molecule has 1 N–H and O–H groups in total. The van der Waals surface area contributed by atoms with Gasteiger partial charge in [-0.15, -0.1) is 0 Å². The predicted octanol–water partition coefficient (Wildman–Crippen LogP) is 6.17. The topological polar surface area (TPSA) is 59.4 Å². The zero-order valence-electron chi connectivity index (χ0n) is 20.9. The predicted molar refractivity (Wildman–Crippen MR) is 141 cm³/mol. The molecule has 1 fully saturated rings. The van der Waals surface area contributed by atoms with Crippen molar-refractivity contribution in [3.05, 3.63) is 76.1 Å². The number of halogens is 1. The van der Waals surface area contributed by atoms with Gasteiger partial charge in [0.1, 0.15) is 5.75 Å². The number of amides is 1. The standard InChI is InChI=1S/C28H35ClN4O2/c1-20(2)19-35-27-12-9-24(29)16-23(27)18-33-21(3)15-26(31-33)28(34)30-25-10-7-22(8-11-25)17-32-13-5-4-6-14-32/h7-12,15-16,20H,4-6,13-14,17-19H2,1-3H3,(H,30,34). The number of benzene rings is 2. The van der Waals surface area contributed by atoms with Crippen LogP contribution in [0.2, 0.25) is 5.02 Å². The van der Waals surface area contributed by atoms with E-state index in [1.165, 1.54) is 37.9 Å². The number of carbonyl (C=O) groups is 1. The fraction of sp³-hybridized carbons (Fsp3) is 0.429. The van der Waals surface area contributed by atoms with Gasteiger partial charge in [-0.25, -0.2) is 0 Å². The lowest BCUT2D eigenvalue weighted by Gasteiger charge is -2.26. The van der Waals surface area contributed by atoms with Crippen LogP contribution in [0.25, 0.3) is 0 Å². The quantitative estimate of drug-likeness (QED) is 0.386. The second-order valence-electron chi connectivity index (χ2n) is 9.77. The first-order valence-corrected chi connectivity index (χ1v) is 12.8. The summed E-state index contributed by atoms with van der Waals surface area (Å²) in [5.74, 6) is 0.978. The number of nitrogens with zero attached hydrogens (tertiary/aromatic N) is 3. The highest BCUT2D eigenvalue weighted by Gasteiger charge is 2.15. The van der Waals surface area contributed by atoms with Crippen molar-refractivity contribution >= 4 is 23.2 Å². The molecule has 6 nitrogen and oxygen atoms in total. The molecule has 3 aromatic rings. The van der Waals surface area contributed by atoms with Crippen LogP contribution in [0.5, 0.6) is 5.75 Å². The summed E-state index contributed by atoms with van der Waals surface area (Å²) in [7, 11) is 0. The molecule has 0 bridgehead atoms. The third-order valence-electron chi connectivity index (χ3n) is 6.20. The average molecular weight is 495 g/mol. The molecule has 0 radical (unpaired) electrons. The highest BCUT2D eigenvalue weighted by Crippen LogP contribution is 2.25. The Kier molecular flexibility index (Phi) is 8.47. The van der Waals surface area contributed by atoms with Crippen LogP contribution in [-0.2, 0) is 13.1 Å². The highest BCUT2D eigenvalue weighted by molar-refractivity contribution is 6.30. The van der Waals surface area contributed by atoms with Crippen LogP contribution in [-0.4, -0.2) is 40.3 Å². The molecule has 35 heavy (non-hydrogen) atoms. The summed E-state index contributed by atoms with van der Waals surface area (Å²) < 4.78 is 7.78. The second-order valence-corrected chi connectivity index (χ2v) is 10.2. The monoisotopic (exact) mass is 494 g/mol. The Balaban J connectivity index is 1.40. The maximum absolute atomic E-state index is 12.9. The van der Waals surface area contributed by atoms with E-state index in [0.717, 1.165) is 29.2 Å². The van der Waals surface area contributed by atoms with Crippen molar-refractivity contribution in [2.45, 2.75) is 53.1 Å². The van der Waals surface area contributed by atoms with Gasteiger partial charge in [0.05, 0.1) is 13.2 Å². The number of nitrogens with one attached hydrogen (secondary N) is 1. The Morgan fingerprint density at radius 1 is 1.06 bits per heavy atom. The zero-order chi connectivity index (χ0) is 24.8. The molecule has 0 unspecified atom stereocenters. The third-order valence-corrected chi connectivity index (χ3v) is 6.43. The van der Waals surface area contributed by atoms with Gasteiger partial charge in [-0.05, 0) is 80.7 Å². The van der Waals surface area contributed by atoms with Gasteiger partial charge >= 0.3 is 0 Å². The number of rotatable bonds is 9. The Labute approximate surface area is 213 Å². The van der Waals surface area contributed by atoms with Crippen LogP contribution in [0.3, 0.4) is 0 Å². The lowest BCUT2D eigenvalue weighted by molar-refractivity contribution is 0.102. The maximum Gasteiger partial charge on any atom is 0.276 e. The van der Waals surface area contributed by atoms with Gasteiger partial charge < -0.3 is 10.1 Å². The van der Waals surface area contributed by atoms with E-state index in [-0.39, 0.29) is 5.91 Å². The number of hydrogen-bond acceptors (Lipinski definition) is 4. The van der Waals surface area contributed by atoms with Crippen LogP contribution in [0, 0.1) is 12.8 Å². The van der Waals surface area contributed by atoms with Gasteiger partial charge in [0.15, 0.2) is 5.69 Å². The number of carbonyl (C=O) groups excluding carboxylic acids is 1. The van der Waals surface area contributed by atoms with E-state index >= 15 is 0 Å². The van der Waals surface area contributed by atoms with E-state index < -0.39 is 0 Å². The van der Waals surface area contributed by atoms with Crippen molar-refractivity contribution in [2.75, 3.05) is 25.0 Å².